The summed E-state index contributed by atoms with van der Waals surface area (Å²) in [6.45, 7) is 0. The third-order valence-corrected chi connectivity index (χ3v) is 8.67. The van der Waals surface area contributed by atoms with E-state index in [1.54, 1.807) is 4.57 Å². The standard InChI is InChI=1S/C42H27N3/c1-2-14-29(15-3-1)43-37-23-11-25-39-41(37)42-38(43)24-12-26-40(42)45(39)34-20-7-4-17-31(34)28-13-10-16-30(27-28)44-35-21-8-5-18-32(35)33-19-6-9-22-36(33)44/h1-27H/i1D,2D,3D,11D,12D,14D,15D,23D,24D,25D,26D. The number of aromatic nitrogens is 3. The molecule has 0 fully saturated rings. The van der Waals surface area contributed by atoms with Crippen molar-refractivity contribution >= 4 is 54.6 Å². The average molecular weight is 585 g/mol. The van der Waals surface area contributed by atoms with Gasteiger partial charge in [0, 0.05) is 38.5 Å². The van der Waals surface area contributed by atoms with E-state index in [1.165, 1.54) is 4.57 Å². The smallest absolute Gasteiger partial charge is 0.0645 e. The molecule has 0 unspecified atom stereocenters. The summed E-state index contributed by atoms with van der Waals surface area (Å²) in [5.74, 6) is 0. The highest BCUT2D eigenvalue weighted by atomic mass is 15.0. The van der Waals surface area contributed by atoms with Crippen molar-refractivity contribution in [2.45, 2.75) is 0 Å². The topological polar surface area (TPSA) is 14.8 Å². The highest BCUT2D eigenvalue weighted by Crippen LogP contribution is 2.44. The summed E-state index contributed by atoms with van der Waals surface area (Å²) in [7, 11) is 0. The number of fused-ring (bicyclic) bond motifs is 3. The second-order valence-electron chi connectivity index (χ2n) is 11.0. The van der Waals surface area contributed by atoms with Gasteiger partial charge in [0.1, 0.15) is 0 Å². The van der Waals surface area contributed by atoms with E-state index >= 15 is 0 Å². The minimum Gasteiger partial charge on any atom is -0.309 e. The van der Waals surface area contributed by atoms with E-state index in [1.807, 2.05) is 66.7 Å². The van der Waals surface area contributed by atoms with Crippen LogP contribution in [-0.4, -0.2) is 13.7 Å². The van der Waals surface area contributed by atoms with Crippen LogP contribution in [0.3, 0.4) is 0 Å². The van der Waals surface area contributed by atoms with Crippen LogP contribution in [0.5, 0.6) is 0 Å². The molecule has 0 saturated carbocycles. The van der Waals surface area contributed by atoms with Gasteiger partial charge in [0.25, 0.3) is 0 Å². The molecular weight excluding hydrogens is 546 g/mol. The zero-order valence-electron chi connectivity index (χ0n) is 34.6. The first-order valence-electron chi connectivity index (χ1n) is 20.1. The minimum atomic E-state index is -0.628. The predicted octanol–water partition coefficient (Wildman–Crippen LogP) is 10.9. The highest BCUT2D eigenvalue weighted by Gasteiger charge is 2.23. The van der Waals surface area contributed by atoms with E-state index in [-0.39, 0.29) is 50.6 Å². The number of benzene rings is 7. The van der Waals surface area contributed by atoms with E-state index in [0.29, 0.717) is 11.3 Å². The van der Waals surface area contributed by atoms with Gasteiger partial charge >= 0.3 is 0 Å². The van der Waals surface area contributed by atoms with Crippen LogP contribution in [0.4, 0.5) is 0 Å². The Balaban J connectivity index is 1.32. The van der Waals surface area contributed by atoms with Gasteiger partial charge in [-0.1, -0.05) is 96.9 Å². The van der Waals surface area contributed by atoms with Crippen LogP contribution in [-0.2, 0) is 0 Å². The van der Waals surface area contributed by atoms with Gasteiger partial charge in [-0.2, -0.15) is 0 Å². The van der Waals surface area contributed by atoms with Gasteiger partial charge in [-0.15, -0.1) is 0 Å². The summed E-state index contributed by atoms with van der Waals surface area (Å²) in [5.41, 5.74) is 4.83. The average Bonchev–Trinajstić information content (AvgIpc) is 3.86. The molecule has 10 rings (SSSR count). The van der Waals surface area contributed by atoms with Crippen molar-refractivity contribution in [1.82, 2.24) is 13.7 Å². The van der Waals surface area contributed by atoms with E-state index in [4.69, 9.17) is 12.3 Å². The predicted molar refractivity (Wildman–Crippen MR) is 189 cm³/mol. The van der Waals surface area contributed by atoms with Gasteiger partial charge < -0.3 is 13.7 Å². The van der Waals surface area contributed by atoms with Crippen molar-refractivity contribution < 1.29 is 15.1 Å². The van der Waals surface area contributed by atoms with Crippen molar-refractivity contribution in [2.24, 2.45) is 0 Å². The van der Waals surface area contributed by atoms with Gasteiger partial charge in [-0.25, -0.2) is 0 Å². The molecule has 0 bridgehead atoms. The first kappa shape index (κ1) is 16.1. The zero-order chi connectivity index (χ0) is 39.1. The Bertz CT molecular complexity index is 3170. The van der Waals surface area contributed by atoms with Crippen LogP contribution in [0.2, 0.25) is 0 Å². The van der Waals surface area contributed by atoms with Gasteiger partial charge in [-0.3, -0.25) is 0 Å². The Morgan fingerprint density at radius 1 is 0.400 bits per heavy atom. The molecule has 0 aliphatic rings. The van der Waals surface area contributed by atoms with Gasteiger partial charge in [0.15, 0.2) is 0 Å². The second-order valence-corrected chi connectivity index (χ2v) is 11.0. The van der Waals surface area contributed by atoms with Gasteiger partial charge in [0.05, 0.1) is 53.9 Å². The Kier molecular flexibility index (Phi) is 3.31. The highest BCUT2D eigenvalue weighted by molar-refractivity contribution is 6.25. The Morgan fingerprint density at radius 3 is 1.62 bits per heavy atom. The number of hydrogen-bond acceptors (Lipinski definition) is 0. The molecule has 45 heavy (non-hydrogen) atoms. The number of nitrogens with zero attached hydrogens (tertiary/aromatic N) is 3. The van der Waals surface area contributed by atoms with Crippen molar-refractivity contribution in [3.8, 4) is 28.2 Å². The monoisotopic (exact) mass is 584 g/mol. The number of rotatable bonds is 4. The van der Waals surface area contributed by atoms with Gasteiger partial charge in [0.2, 0.25) is 0 Å². The Labute approximate surface area is 275 Å². The maximum absolute atomic E-state index is 9.29. The van der Waals surface area contributed by atoms with Crippen molar-refractivity contribution in [1.29, 1.82) is 0 Å². The van der Waals surface area contributed by atoms with Crippen LogP contribution in [0.1, 0.15) is 15.1 Å². The molecule has 0 amide bonds. The van der Waals surface area contributed by atoms with Crippen molar-refractivity contribution in [2.75, 3.05) is 0 Å². The number of para-hydroxylation sites is 4. The van der Waals surface area contributed by atoms with E-state index in [9.17, 15) is 2.74 Å². The first-order chi connectivity index (χ1) is 26.9. The molecule has 3 aromatic heterocycles. The largest absolute Gasteiger partial charge is 0.309 e. The zero-order valence-corrected chi connectivity index (χ0v) is 23.6. The summed E-state index contributed by atoms with van der Waals surface area (Å²) in [4.78, 5) is 0. The molecule has 3 heteroatoms. The normalized spacial score (nSPS) is 15.4. The number of hydrogen-bond donors (Lipinski definition) is 0. The summed E-state index contributed by atoms with van der Waals surface area (Å²) >= 11 is 0. The van der Waals surface area contributed by atoms with Crippen LogP contribution in [0.25, 0.3) is 82.8 Å². The lowest BCUT2D eigenvalue weighted by Crippen LogP contribution is -2.00. The molecule has 0 N–H and O–H groups in total. The fraction of sp³-hybridized carbons (Fsp3) is 0. The maximum atomic E-state index is 9.29. The SMILES string of the molecule is [2H]c1c([2H])c([2H])c(-n2c3c([2H])c([2H])c([2H])c4c3c3c(c([2H])c([2H])c([2H])c32)n4-c2ccccc2-c2cccc(-n3c4ccccc4c4ccccc43)c2)c([2H])c1[2H]. The Morgan fingerprint density at radius 2 is 0.956 bits per heavy atom. The maximum Gasteiger partial charge on any atom is 0.0645 e. The summed E-state index contributed by atoms with van der Waals surface area (Å²) in [5, 5.41) is 2.68. The molecule has 0 aliphatic heterocycles. The fourth-order valence-corrected chi connectivity index (χ4v) is 6.89. The molecule has 210 valence electrons. The van der Waals surface area contributed by atoms with Crippen LogP contribution in [0, 0.1) is 0 Å². The molecule has 0 aliphatic carbocycles. The third-order valence-electron chi connectivity index (χ3n) is 8.67. The van der Waals surface area contributed by atoms with E-state index in [0.717, 1.165) is 33.1 Å². The van der Waals surface area contributed by atoms with E-state index in [2.05, 4.69) is 34.9 Å². The fourth-order valence-electron chi connectivity index (χ4n) is 6.89. The summed E-state index contributed by atoms with van der Waals surface area (Å²) in [6.07, 6.45) is 0. The molecule has 0 saturated heterocycles. The Hall–Kier alpha value is -6.06. The van der Waals surface area contributed by atoms with Crippen LogP contribution >= 0.6 is 0 Å². The van der Waals surface area contributed by atoms with Crippen LogP contribution < -0.4 is 0 Å². The minimum absolute atomic E-state index is 0.0531. The lowest BCUT2D eigenvalue weighted by molar-refractivity contribution is 1.15. The lowest BCUT2D eigenvalue weighted by atomic mass is 10.0. The molecular formula is C42H27N3. The lowest BCUT2D eigenvalue weighted by Gasteiger charge is -2.16. The molecule has 0 radical (unpaired) electrons. The van der Waals surface area contributed by atoms with Gasteiger partial charge in [-0.05, 0) is 72.1 Å². The molecule has 0 spiro atoms. The first-order valence-corrected chi connectivity index (χ1v) is 14.6. The molecule has 7 aromatic carbocycles. The van der Waals surface area contributed by atoms with Crippen molar-refractivity contribution in [3.63, 3.8) is 0 Å². The van der Waals surface area contributed by atoms with Crippen LogP contribution in [0.15, 0.2) is 164 Å². The third kappa shape index (κ3) is 3.35. The molecule has 3 heterocycles. The molecule has 10 aromatic rings. The summed E-state index contributed by atoms with van der Waals surface area (Å²) in [6, 6.07) is 26.3. The van der Waals surface area contributed by atoms with E-state index < -0.39 is 54.4 Å². The quantitative estimate of drug-likeness (QED) is 0.195. The second kappa shape index (κ2) is 9.22. The van der Waals surface area contributed by atoms with Crippen molar-refractivity contribution in [3.05, 3.63) is 164 Å². The molecule has 3 nitrogen and oxygen atoms in total. The molecule has 0 atom stereocenters. The summed E-state index contributed by atoms with van der Waals surface area (Å²) < 4.78 is 103.